The van der Waals surface area contributed by atoms with E-state index in [9.17, 15) is 0 Å². The molecular formula is C16H10S2. The molecule has 2 aromatic rings. The van der Waals surface area contributed by atoms with Crippen molar-refractivity contribution in [3.8, 4) is 11.1 Å². The molecule has 0 unspecified atom stereocenters. The fourth-order valence-corrected chi connectivity index (χ4v) is 1.95. The standard InChI is InChI=1S/C16H10S2/c17-11-9-13-1-5-15(6-2-13)16-7-3-14(4-8-16)10-12-18/h1-10H. The van der Waals surface area contributed by atoms with Crippen LogP contribution in [0, 0.1) is 0 Å². The molecule has 0 aliphatic carbocycles. The van der Waals surface area contributed by atoms with Crippen molar-refractivity contribution < 1.29 is 0 Å². The highest BCUT2D eigenvalue weighted by atomic mass is 32.1. The molecular weight excluding hydrogens is 256 g/mol. The molecule has 0 heterocycles. The summed E-state index contributed by atoms with van der Waals surface area (Å²) in [6.07, 6.45) is 3.57. The fraction of sp³-hybridized carbons (Fsp3) is 0. The van der Waals surface area contributed by atoms with E-state index in [2.05, 4.69) is 58.7 Å². The Balaban J connectivity index is 2.30. The Morgan fingerprint density at radius 1 is 0.611 bits per heavy atom. The SMILES string of the molecule is S=C=Cc1ccc(-c2ccc(C=C=S)cc2)cc1. The van der Waals surface area contributed by atoms with E-state index in [1.165, 1.54) is 11.1 Å². The first-order chi connectivity index (χ1) is 8.83. The lowest BCUT2D eigenvalue weighted by Gasteiger charge is -2.02. The van der Waals surface area contributed by atoms with Gasteiger partial charge in [-0.1, -0.05) is 48.5 Å². The summed E-state index contributed by atoms with van der Waals surface area (Å²) in [5, 5.41) is 5.20. The zero-order valence-corrected chi connectivity index (χ0v) is 11.2. The molecule has 0 fully saturated rings. The maximum Gasteiger partial charge on any atom is -0.00111 e. The Kier molecular flexibility index (Phi) is 4.35. The summed E-state index contributed by atoms with van der Waals surface area (Å²) in [7, 11) is 0. The molecule has 0 saturated carbocycles. The van der Waals surface area contributed by atoms with Gasteiger partial charge >= 0.3 is 0 Å². The molecule has 0 N–H and O–H groups in total. The van der Waals surface area contributed by atoms with Gasteiger partial charge in [0.25, 0.3) is 0 Å². The first kappa shape index (κ1) is 12.6. The lowest BCUT2D eigenvalue weighted by atomic mass is 10.0. The highest BCUT2D eigenvalue weighted by molar-refractivity contribution is 7.78. The molecule has 0 aromatic heterocycles. The summed E-state index contributed by atoms with van der Waals surface area (Å²) in [6.45, 7) is 0. The molecule has 0 spiro atoms. The molecule has 2 heteroatoms. The van der Waals surface area contributed by atoms with Crippen LogP contribution in [-0.2, 0) is 0 Å². The Hall–Kier alpha value is -1.82. The van der Waals surface area contributed by atoms with Crippen LogP contribution in [0.15, 0.2) is 48.5 Å². The third-order valence-electron chi connectivity index (χ3n) is 2.61. The van der Waals surface area contributed by atoms with Gasteiger partial charge in [-0.05, 0) is 68.9 Å². The number of thiocarbonyl (C=S) groups is 2. The van der Waals surface area contributed by atoms with Gasteiger partial charge < -0.3 is 0 Å². The quantitative estimate of drug-likeness (QED) is 0.746. The smallest absolute Gasteiger partial charge is 0.00111 e. The minimum Gasteiger partial charge on any atom is -0.0538 e. The molecule has 0 aliphatic heterocycles. The largest absolute Gasteiger partial charge is 0.0538 e. The maximum atomic E-state index is 4.68. The lowest BCUT2D eigenvalue weighted by Crippen LogP contribution is -1.79. The summed E-state index contributed by atoms with van der Waals surface area (Å²) in [6, 6.07) is 16.4. The molecule has 86 valence electrons. The summed E-state index contributed by atoms with van der Waals surface area (Å²) in [5.74, 6) is 0. The minimum atomic E-state index is 1.06. The predicted octanol–water partition coefficient (Wildman–Crippen LogP) is 4.58. The second-order valence-corrected chi connectivity index (χ2v) is 4.24. The third-order valence-corrected chi connectivity index (χ3v) is 2.84. The molecule has 0 nitrogen and oxygen atoms in total. The Morgan fingerprint density at radius 3 is 1.22 bits per heavy atom. The first-order valence-corrected chi connectivity index (χ1v) is 6.27. The van der Waals surface area contributed by atoms with Gasteiger partial charge in [0.1, 0.15) is 0 Å². The molecule has 0 amide bonds. The van der Waals surface area contributed by atoms with E-state index in [0.29, 0.717) is 0 Å². The van der Waals surface area contributed by atoms with Crippen LogP contribution >= 0.6 is 24.4 Å². The van der Waals surface area contributed by atoms with E-state index in [1.54, 1.807) is 12.2 Å². The molecule has 18 heavy (non-hydrogen) atoms. The fourth-order valence-electron chi connectivity index (χ4n) is 1.68. The van der Waals surface area contributed by atoms with Crippen molar-refractivity contribution in [1.82, 2.24) is 0 Å². The zero-order valence-electron chi connectivity index (χ0n) is 9.59. The van der Waals surface area contributed by atoms with Crippen molar-refractivity contribution in [3.05, 3.63) is 59.7 Å². The monoisotopic (exact) mass is 266 g/mol. The Labute approximate surface area is 117 Å². The summed E-state index contributed by atoms with van der Waals surface area (Å²) < 4.78 is 0. The second-order valence-electron chi connectivity index (χ2n) is 3.77. The van der Waals surface area contributed by atoms with E-state index in [4.69, 9.17) is 0 Å². The van der Waals surface area contributed by atoms with Gasteiger partial charge in [0.05, 0.1) is 0 Å². The van der Waals surface area contributed by atoms with Gasteiger partial charge in [0.15, 0.2) is 0 Å². The van der Waals surface area contributed by atoms with E-state index >= 15 is 0 Å². The summed E-state index contributed by atoms with van der Waals surface area (Å²) in [4.78, 5) is 0. The number of rotatable bonds is 3. The van der Waals surface area contributed by atoms with E-state index in [0.717, 1.165) is 11.1 Å². The Morgan fingerprint density at radius 2 is 0.944 bits per heavy atom. The van der Waals surface area contributed by atoms with Gasteiger partial charge in [-0.2, -0.15) is 0 Å². The van der Waals surface area contributed by atoms with Crippen LogP contribution in [-0.4, -0.2) is 10.0 Å². The van der Waals surface area contributed by atoms with Crippen LogP contribution in [0.5, 0.6) is 0 Å². The van der Waals surface area contributed by atoms with Gasteiger partial charge in [0.2, 0.25) is 0 Å². The summed E-state index contributed by atoms with van der Waals surface area (Å²) >= 11 is 9.35. The molecule has 0 saturated heterocycles. The van der Waals surface area contributed by atoms with Crippen molar-refractivity contribution in [2.45, 2.75) is 0 Å². The average Bonchev–Trinajstić information content (AvgIpc) is 2.41. The number of hydrogen-bond acceptors (Lipinski definition) is 2. The van der Waals surface area contributed by atoms with Crippen LogP contribution in [0.25, 0.3) is 23.3 Å². The molecule has 2 aromatic carbocycles. The minimum absolute atomic E-state index is 1.06. The second kappa shape index (κ2) is 6.20. The van der Waals surface area contributed by atoms with Crippen molar-refractivity contribution in [2.75, 3.05) is 0 Å². The van der Waals surface area contributed by atoms with Gasteiger partial charge in [-0.25, -0.2) is 0 Å². The molecule has 0 aliphatic rings. The van der Waals surface area contributed by atoms with Crippen LogP contribution in [0.1, 0.15) is 11.1 Å². The van der Waals surface area contributed by atoms with Crippen molar-refractivity contribution >= 4 is 46.6 Å². The summed E-state index contributed by atoms with van der Waals surface area (Å²) in [5.41, 5.74) is 4.48. The predicted molar refractivity (Wildman–Crippen MR) is 86.0 cm³/mol. The van der Waals surface area contributed by atoms with E-state index in [-0.39, 0.29) is 0 Å². The van der Waals surface area contributed by atoms with Crippen molar-refractivity contribution in [1.29, 1.82) is 0 Å². The molecule has 2 rings (SSSR count). The first-order valence-electron chi connectivity index (χ1n) is 5.46. The molecule has 0 atom stereocenters. The van der Waals surface area contributed by atoms with Gasteiger partial charge in [-0.15, -0.1) is 0 Å². The highest BCUT2D eigenvalue weighted by Gasteiger charge is 1.97. The van der Waals surface area contributed by atoms with Crippen LogP contribution < -0.4 is 0 Å². The van der Waals surface area contributed by atoms with Gasteiger partial charge in [0, 0.05) is 0 Å². The van der Waals surface area contributed by atoms with Crippen LogP contribution in [0.3, 0.4) is 0 Å². The van der Waals surface area contributed by atoms with Gasteiger partial charge in [-0.3, -0.25) is 0 Å². The normalized spacial score (nSPS) is 9.11. The average molecular weight is 266 g/mol. The van der Waals surface area contributed by atoms with E-state index in [1.807, 2.05) is 24.3 Å². The highest BCUT2D eigenvalue weighted by Crippen LogP contribution is 2.20. The van der Waals surface area contributed by atoms with Crippen molar-refractivity contribution in [3.63, 3.8) is 0 Å². The van der Waals surface area contributed by atoms with Crippen LogP contribution in [0.2, 0.25) is 0 Å². The Bertz CT molecular complexity index is 564. The maximum absolute atomic E-state index is 4.68. The molecule has 0 radical (unpaired) electrons. The lowest BCUT2D eigenvalue weighted by molar-refractivity contribution is 1.59. The van der Waals surface area contributed by atoms with E-state index < -0.39 is 0 Å². The number of hydrogen-bond donors (Lipinski definition) is 0. The van der Waals surface area contributed by atoms with Crippen LogP contribution in [0.4, 0.5) is 0 Å². The number of benzene rings is 2. The zero-order chi connectivity index (χ0) is 12.8. The van der Waals surface area contributed by atoms with Crippen molar-refractivity contribution in [2.24, 2.45) is 0 Å². The third kappa shape index (κ3) is 3.10. The topological polar surface area (TPSA) is 0 Å². The molecule has 0 bridgehead atoms.